The molecule has 0 fully saturated rings. The first-order valence-electron chi connectivity index (χ1n) is 6.25. The highest BCUT2D eigenvalue weighted by Crippen LogP contribution is 2.23. The monoisotopic (exact) mass is 254 g/mol. The first kappa shape index (κ1) is 13.1. The van der Waals surface area contributed by atoms with E-state index in [0.29, 0.717) is 5.69 Å². The van der Waals surface area contributed by atoms with Crippen LogP contribution in [-0.2, 0) is 6.42 Å². The van der Waals surface area contributed by atoms with Gasteiger partial charge >= 0.3 is 0 Å². The number of benzene rings is 1. The lowest BCUT2D eigenvalue weighted by Gasteiger charge is -2.19. The maximum atomic E-state index is 7.32. The van der Waals surface area contributed by atoms with Crippen molar-refractivity contribution in [3.63, 3.8) is 0 Å². The fourth-order valence-electron chi connectivity index (χ4n) is 1.85. The fourth-order valence-corrected chi connectivity index (χ4v) is 1.85. The van der Waals surface area contributed by atoms with Gasteiger partial charge in [-0.15, -0.1) is 0 Å². The van der Waals surface area contributed by atoms with Gasteiger partial charge in [0.2, 0.25) is 0 Å². The van der Waals surface area contributed by atoms with Crippen LogP contribution in [0.4, 0.5) is 11.4 Å². The Labute approximate surface area is 113 Å². The Balaban J connectivity index is 2.22. The normalized spacial score (nSPS) is 10.2. The lowest BCUT2D eigenvalue weighted by molar-refractivity contribution is 1.12. The van der Waals surface area contributed by atoms with Crippen molar-refractivity contribution in [2.75, 3.05) is 11.9 Å². The second-order valence-corrected chi connectivity index (χ2v) is 4.39. The number of hydrogen-bond donors (Lipinski definition) is 2. The third-order valence-corrected chi connectivity index (χ3v) is 3.14. The minimum Gasteiger partial charge on any atom is -0.382 e. The smallest absolute Gasteiger partial charge is 0.141 e. The zero-order valence-corrected chi connectivity index (χ0v) is 11.2. The first-order chi connectivity index (χ1) is 9.11. The second kappa shape index (κ2) is 5.52. The minimum absolute atomic E-state index is 0.0125. The molecular weight excluding hydrogens is 236 g/mol. The van der Waals surface area contributed by atoms with Crippen LogP contribution in [0.5, 0.6) is 0 Å². The highest BCUT2D eigenvalue weighted by Gasteiger charge is 2.05. The highest BCUT2D eigenvalue weighted by atomic mass is 15.1. The third-order valence-electron chi connectivity index (χ3n) is 3.14. The van der Waals surface area contributed by atoms with Crippen molar-refractivity contribution in [2.24, 2.45) is 5.73 Å². The van der Waals surface area contributed by atoms with Crippen LogP contribution in [0.2, 0.25) is 0 Å². The summed E-state index contributed by atoms with van der Waals surface area (Å²) in [5.41, 5.74) is 9.28. The van der Waals surface area contributed by atoms with Crippen LogP contribution >= 0.6 is 0 Å². The number of pyridine rings is 1. The summed E-state index contributed by atoms with van der Waals surface area (Å²) in [7, 11) is 1.99. The van der Waals surface area contributed by atoms with E-state index in [1.54, 1.807) is 12.3 Å². The van der Waals surface area contributed by atoms with Crippen molar-refractivity contribution >= 4 is 17.2 Å². The van der Waals surface area contributed by atoms with Crippen molar-refractivity contribution in [1.29, 1.82) is 5.41 Å². The number of anilines is 2. The van der Waals surface area contributed by atoms with Crippen LogP contribution in [0.3, 0.4) is 0 Å². The summed E-state index contributed by atoms with van der Waals surface area (Å²) in [6.07, 6.45) is 2.77. The number of nitrogens with two attached hydrogens (primary N) is 1. The maximum Gasteiger partial charge on any atom is 0.141 e. The average molecular weight is 254 g/mol. The predicted octanol–water partition coefficient (Wildman–Crippen LogP) is 2.70. The van der Waals surface area contributed by atoms with Gasteiger partial charge in [0.1, 0.15) is 11.5 Å². The number of nitrogen functional groups attached to an aromatic ring is 1. The number of nitrogens with one attached hydrogen (secondary N) is 1. The van der Waals surface area contributed by atoms with Crippen LogP contribution < -0.4 is 10.6 Å². The molecule has 0 aliphatic carbocycles. The third kappa shape index (κ3) is 2.91. The van der Waals surface area contributed by atoms with E-state index in [9.17, 15) is 0 Å². The van der Waals surface area contributed by atoms with Gasteiger partial charge in [-0.3, -0.25) is 10.4 Å². The number of aryl methyl sites for hydroxylation is 1. The van der Waals surface area contributed by atoms with Gasteiger partial charge < -0.3 is 10.6 Å². The van der Waals surface area contributed by atoms with Gasteiger partial charge in [0, 0.05) is 12.7 Å². The molecule has 1 aromatic heterocycles. The van der Waals surface area contributed by atoms with E-state index in [1.165, 1.54) is 5.56 Å². The van der Waals surface area contributed by atoms with Crippen molar-refractivity contribution in [3.05, 3.63) is 53.9 Å². The largest absolute Gasteiger partial charge is 0.382 e. The van der Waals surface area contributed by atoms with E-state index in [4.69, 9.17) is 11.1 Å². The zero-order valence-electron chi connectivity index (χ0n) is 11.2. The van der Waals surface area contributed by atoms with Crippen LogP contribution in [0.25, 0.3) is 0 Å². The summed E-state index contributed by atoms with van der Waals surface area (Å²) in [5.74, 6) is -0.0125. The van der Waals surface area contributed by atoms with Crippen LogP contribution in [0.15, 0.2) is 42.6 Å². The molecule has 3 N–H and O–H groups in total. The molecule has 0 saturated carbocycles. The fraction of sp³-hybridized carbons (Fsp3) is 0.200. The molecule has 19 heavy (non-hydrogen) atoms. The minimum atomic E-state index is -0.0125. The Kier molecular flexibility index (Phi) is 3.80. The molecule has 0 spiro atoms. The summed E-state index contributed by atoms with van der Waals surface area (Å²) >= 11 is 0. The number of amidine groups is 1. The lowest BCUT2D eigenvalue weighted by atomic mass is 10.1. The summed E-state index contributed by atoms with van der Waals surface area (Å²) < 4.78 is 0. The van der Waals surface area contributed by atoms with Gasteiger partial charge in [-0.1, -0.05) is 19.1 Å². The number of hydrogen-bond acceptors (Lipinski definition) is 3. The highest BCUT2D eigenvalue weighted by molar-refractivity contribution is 5.93. The Morgan fingerprint density at radius 3 is 2.26 bits per heavy atom. The van der Waals surface area contributed by atoms with E-state index in [-0.39, 0.29) is 5.84 Å². The predicted molar refractivity (Wildman–Crippen MR) is 79.1 cm³/mol. The molecule has 0 atom stereocenters. The summed E-state index contributed by atoms with van der Waals surface area (Å²) in [5, 5.41) is 7.32. The molecule has 4 nitrogen and oxygen atoms in total. The molecule has 1 heterocycles. The van der Waals surface area contributed by atoms with E-state index in [0.717, 1.165) is 17.8 Å². The first-order valence-corrected chi connectivity index (χ1v) is 6.25. The second-order valence-electron chi connectivity index (χ2n) is 4.39. The van der Waals surface area contributed by atoms with Gasteiger partial charge in [-0.25, -0.2) is 0 Å². The van der Waals surface area contributed by atoms with Gasteiger partial charge in [0.15, 0.2) is 0 Å². The van der Waals surface area contributed by atoms with Crippen molar-refractivity contribution < 1.29 is 0 Å². The molecule has 0 aliphatic heterocycles. The molecule has 2 rings (SSSR count). The quantitative estimate of drug-likeness (QED) is 0.651. The Bertz CT molecular complexity index is 558. The van der Waals surface area contributed by atoms with E-state index < -0.39 is 0 Å². The number of nitrogens with zero attached hydrogens (tertiary/aromatic N) is 2. The topological polar surface area (TPSA) is 66.0 Å². The Hall–Kier alpha value is -2.36. The van der Waals surface area contributed by atoms with Gasteiger partial charge in [0.25, 0.3) is 0 Å². The molecule has 0 amide bonds. The van der Waals surface area contributed by atoms with Crippen molar-refractivity contribution in [3.8, 4) is 0 Å². The molecule has 0 bridgehead atoms. The van der Waals surface area contributed by atoms with Crippen molar-refractivity contribution in [2.45, 2.75) is 13.3 Å². The molecule has 0 radical (unpaired) electrons. The zero-order chi connectivity index (χ0) is 13.8. The Morgan fingerprint density at radius 1 is 1.16 bits per heavy atom. The summed E-state index contributed by atoms with van der Waals surface area (Å²) in [4.78, 5) is 6.22. The molecule has 0 unspecified atom stereocenters. The SMILES string of the molecule is CCc1ccc(N(C)c2ccc(C(=N)N)nc2)cc1. The van der Waals surface area contributed by atoms with Crippen molar-refractivity contribution in [1.82, 2.24) is 4.98 Å². The van der Waals surface area contributed by atoms with Gasteiger partial charge in [0.05, 0.1) is 11.9 Å². The summed E-state index contributed by atoms with van der Waals surface area (Å²) in [6.45, 7) is 2.14. The standard InChI is InChI=1S/C15H18N4/c1-3-11-4-6-12(7-5-11)19(2)13-8-9-14(15(16)17)18-10-13/h4-10H,3H2,1-2H3,(H3,16,17). The maximum absolute atomic E-state index is 7.32. The molecule has 0 saturated heterocycles. The van der Waals surface area contributed by atoms with Gasteiger partial charge in [-0.2, -0.15) is 0 Å². The number of aromatic nitrogens is 1. The van der Waals surface area contributed by atoms with E-state index >= 15 is 0 Å². The molecule has 4 heteroatoms. The number of rotatable bonds is 4. The van der Waals surface area contributed by atoms with Gasteiger partial charge in [-0.05, 0) is 36.2 Å². The Morgan fingerprint density at radius 2 is 1.79 bits per heavy atom. The van der Waals surface area contributed by atoms with E-state index in [2.05, 4.69) is 41.1 Å². The van der Waals surface area contributed by atoms with Crippen LogP contribution in [0, 0.1) is 5.41 Å². The average Bonchev–Trinajstić information content (AvgIpc) is 2.46. The van der Waals surface area contributed by atoms with Crippen LogP contribution in [-0.4, -0.2) is 17.9 Å². The van der Waals surface area contributed by atoms with Crippen LogP contribution in [0.1, 0.15) is 18.2 Å². The summed E-state index contributed by atoms with van der Waals surface area (Å²) in [6, 6.07) is 12.1. The molecule has 0 aliphatic rings. The molecule has 1 aromatic carbocycles. The lowest BCUT2D eigenvalue weighted by Crippen LogP contribution is -2.14. The molecule has 98 valence electrons. The molecular formula is C15H18N4. The van der Waals surface area contributed by atoms with E-state index in [1.807, 2.05) is 13.1 Å². The molecule has 2 aromatic rings.